The van der Waals surface area contributed by atoms with Crippen LogP contribution in [0.2, 0.25) is 5.02 Å². The van der Waals surface area contributed by atoms with E-state index in [1.807, 2.05) is 42.5 Å². The number of halogens is 2. The summed E-state index contributed by atoms with van der Waals surface area (Å²) in [5.74, 6) is 0.247. The molecule has 0 atom stereocenters. The van der Waals surface area contributed by atoms with Crippen molar-refractivity contribution < 1.29 is 4.79 Å². The third kappa shape index (κ3) is 3.06. The first-order chi connectivity index (χ1) is 10.1. The second-order valence-electron chi connectivity index (χ2n) is 4.48. The summed E-state index contributed by atoms with van der Waals surface area (Å²) in [4.78, 5) is 16.4. The van der Waals surface area contributed by atoms with E-state index in [2.05, 4.69) is 26.2 Å². The summed E-state index contributed by atoms with van der Waals surface area (Å²) in [6.45, 7) is 0. The Bertz CT molecular complexity index is 783. The van der Waals surface area contributed by atoms with Gasteiger partial charge in [-0.3, -0.25) is 4.79 Å². The number of carbonyl (C=O) groups is 1. The van der Waals surface area contributed by atoms with Gasteiger partial charge in [-0.1, -0.05) is 51.8 Å². The maximum atomic E-state index is 12.0. The van der Waals surface area contributed by atoms with Crippen molar-refractivity contribution in [3.05, 3.63) is 74.9 Å². The van der Waals surface area contributed by atoms with Crippen LogP contribution < -0.4 is 5.32 Å². The molecule has 0 bridgehead atoms. The summed E-state index contributed by atoms with van der Waals surface area (Å²) in [5, 5.41) is 3.30. The monoisotopic (exact) mass is 360 g/mol. The minimum atomic E-state index is -0.232. The van der Waals surface area contributed by atoms with Gasteiger partial charge in [-0.25, -0.2) is 4.99 Å². The lowest BCUT2D eigenvalue weighted by Crippen LogP contribution is -2.24. The SMILES string of the molecule is O=C1NC(c2ccccc2Cl)=NC1=Cc1cccc(Br)c1. The van der Waals surface area contributed by atoms with Gasteiger partial charge in [0.15, 0.2) is 0 Å². The molecule has 0 radical (unpaired) electrons. The lowest BCUT2D eigenvalue weighted by molar-refractivity contribution is -0.115. The van der Waals surface area contributed by atoms with E-state index in [9.17, 15) is 4.79 Å². The smallest absolute Gasteiger partial charge is 0.275 e. The molecule has 1 N–H and O–H groups in total. The number of nitrogens with zero attached hydrogens (tertiary/aromatic N) is 1. The lowest BCUT2D eigenvalue weighted by atomic mass is 10.2. The molecule has 21 heavy (non-hydrogen) atoms. The van der Waals surface area contributed by atoms with Gasteiger partial charge in [0.1, 0.15) is 11.5 Å². The number of aliphatic imine (C=N–C) groups is 1. The van der Waals surface area contributed by atoms with Crippen LogP contribution in [0.1, 0.15) is 11.1 Å². The van der Waals surface area contributed by atoms with E-state index in [0.717, 1.165) is 10.0 Å². The number of benzene rings is 2. The molecule has 2 aromatic rings. The quantitative estimate of drug-likeness (QED) is 0.807. The molecule has 1 aliphatic heterocycles. The topological polar surface area (TPSA) is 41.5 Å². The predicted molar refractivity (Wildman–Crippen MR) is 88.3 cm³/mol. The van der Waals surface area contributed by atoms with E-state index >= 15 is 0 Å². The Morgan fingerprint density at radius 3 is 2.71 bits per heavy atom. The average Bonchev–Trinajstić information content (AvgIpc) is 2.80. The van der Waals surface area contributed by atoms with Crippen LogP contribution in [0.5, 0.6) is 0 Å². The first-order valence-electron chi connectivity index (χ1n) is 6.26. The first-order valence-corrected chi connectivity index (χ1v) is 7.43. The third-order valence-corrected chi connectivity index (χ3v) is 3.80. The van der Waals surface area contributed by atoms with Crippen molar-refractivity contribution in [2.24, 2.45) is 4.99 Å². The molecule has 0 saturated heterocycles. The fourth-order valence-electron chi connectivity index (χ4n) is 2.00. The van der Waals surface area contributed by atoms with Gasteiger partial charge in [0.25, 0.3) is 5.91 Å². The van der Waals surface area contributed by atoms with Crippen molar-refractivity contribution in [1.82, 2.24) is 5.32 Å². The molecule has 5 heteroatoms. The van der Waals surface area contributed by atoms with Crippen molar-refractivity contribution >= 4 is 45.3 Å². The zero-order valence-electron chi connectivity index (χ0n) is 10.8. The maximum Gasteiger partial charge on any atom is 0.275 e. The van der Waals surface area contributed by atoms with E-state index < -0.39 is 0 Å². The van der Waals surface area contributed by atoms with E-state index in [4.69, 9.17) is 11.6 Å². The highest BCUT2D eigenvalue weighted by Gasteiger charge is 2.22. The number of hydrogen-bond donors (Lipinski definition) is 1. The highest BCUT2D eigenvalue weighted by Crippen LogP contribution is 2.21. The largest absolute Gasteiger partial charge is 0.305 e. The van der Waals surface area contributed by atoms with Crippen molar-refractivity contribution in [3.8, 4) is 0 Å². The molecule has 3 rings (SSSR count). The number of nitrogens with one attached hydrogen (secondary N) is 1. The van der Waals surface area contributed by atoms with Crippen molar-refractivity contribution in [2.75, 3.05) is 0 Å². The fourth-order valence-corrected chi connectivity index (χ4v) is 2.65. The second-order valence-corrected chi connectivity index (χ2v) is 5.80. The molecule has 1 heterocycles. The molecule has 2 aromatic carbocycles. The molecule has 0 aromatic heterocycles. The van der Waals surface area contributed by atoms with Crippen LogP contribution in [0.25, 0.3) is 6.08 Å². The highest BCUT2D eigenvalue weighted by molar-refractivity contribution is 9.10. The Hall–Kier alpha value is -1.91. The number of hydrogen-bond acceptors (Lipinski definition) is 2. The number of amides is 1. The Balaban J connectivity index is 1.98. The fraction of sp³-hybridized carbons (Fsp3) is 0. The Morgan fingerprint density at radius 2 is 1.95 bits per heavy atom. The summed E-state index contributed by atoms with van der Waals surface area (Å²) in [5.41, 5.74) is 1.98. The van der Waals surface area contributed by atoms with E-state index in [-0.39, 0.29) is 5.91 Å². The lowest BCUT2D eigenvalue weighted by Gasteiger charge is -2.01. The van der Waals surface area contributed by atoms with E-state index in [1.54, 1.807) is 12.1 Å². The van der Waals surface area contributed by atoms with Crippen molar-refractivity contribution in [2.45, 2.75) is 0 Å². The molecule has 0 spiro atoms. The number of rotatable bonds is 2. The Morgan fingerprint density at radius 1 is 1.14 bits per heavy atom. The van der Waals surface area contributed by atoms with Gasteiger partial charge in [-0.15, -0.1) is 0 Å². The molecule has 3 nitrogen and oxygen atoms in total. The van der Waals surface area contributed by atoms with Gasteiger partial charge in [0.2, 0.25) is 0 Å². The van der Waals surface area contributed by atoms with Crippen LogP contribution in [0.3, 0.4) is 0 Å². The Labute approximate surface area is 135 Å². The van der Waals surface area contributed by atoms with Crippen molar-refractivity contribution in [1.29, 1.82) is 0 Å². The van der Waals surface area contributed by atoms with Crippen LogP contribution >= 0.6 is 27.5 Å². The summed E-state index contributed by atoms with van der Waals surface area (Å²) < 4.78 is 0.950. The van der Waals surface area contributed by atoms with Gasteiger partial charge in [-0.05, 0) is 35.9 Å². The third-order valence-electron chi connectivity index (χ3n) is 2.98. The average molecular weight is 362 g/mol. The van der Waals surface area contributed by atoms with Gasteiger partial charge in [-0.2, -0.15) is 0 Å². The first kappa shape index (κ1) is 14.0. The molecule has 0 unspecified atom stereocenters. The summed E-state index contributed by atoms with van der Waals surface area (Å²) >= 11 is 9.52. The van der Waals surface area contributed by atoms with Crippen LogP contribution in [-0.2, 0) is 4.79 Å². The minimum absolute atomic E-state index is 0.232. The van der Waals surface area contributed by atoms with E-state index in [1.165, 1.54) is 0 Å². The molecule has 0 fully saturated rings. The molecule has 104 valence electrons. The zero-order valence-corrected chi connectivity index (χ0v) is 13.1. The van der Waals surface area contributed by atoms with Crippen LogP contribution in [-0.4, -0.2) is 11.7 Å². The molecule has 1 amide bonds. The number of amidine groups is 1. The zero-order chi connectivity index (χ0) is 14.8. The normalized spacial score (nSPS) is 16.0. The summed E-state index contributed by atoms with van der Waals surface area (Å²) in [6, 6.07) is 14.9. The van der Waals surface area contributed by atoms with Gasteiger partial charge < -0.3 is 5.32 Å². The Kier molecular flexibility index (Phi) is 3.90. The maximum absolute atomic E-state index is 12.0. The number of carbonyl (C=O) groups excluding carboxylic acids is 1. The second kappa shape index (κ2) is 5.84. The van der Waals surface area contributed by atoms with Gasteiger partial charge >= 0.3 is 0 Å². The van der Waals surface area contributed by atoms with Crippen LogP contribution in [0.15, 0.2) is 63.7 Å². The molecule has 1 aliphatic rings. The van der Waals surface area contributed by atoms with E-state index in [0.29, 0.717) is 22.1 Å². The van der Waals surface area contributed by atoms with Crippen LogP contribution in [0.4, 0.5) is 0 Å². The standard InChI is InChI=1S/C16H10BrClN2O/c17-11-5-3-4-10(8-11)9-14-16(21)20-15(19-14)12-6-1-2-7-13(12)18/h1-9H,(H,19,20,21). The highest BCUT2D eigenvalue weighted by atomic mass is 79.9. The van der Waals surface area contributed by atoms with Crippen LogP contribution in [0, 0.1) is 0 Å². The molecule has 0 aliphatic carbocycles. The summed E-state index contributed by atoms with van der Waals surface area (Å²) in [7, 11) is 0. The predicted octanol–water partition coefficient (Wildman–Crippen LogP) is 4.02. The van der Waals surface area contributed by atoms with Crippen molar-refractivity contribution in [3.63, 3.8) is 0 Å². The van der Waals surface area contributed by atoms with Gasteiger partial charge in [0, 0.05) is 10.0 Å². The molecular weight excluding hydrogens is 352 g/mol. The molecular formula is C16H10BrClN2O. The molecule has 0 saturated carbocycles. The minimum Gasteiger partial charge on any atom is -0.305 e. The summed E-state index contributed by atoms with van der Waals surface area (Å²) in [6.07, 6.45) is 1.74. The van der Waals surface area contributed by atoms with Gasteiger partial charge in [0.05, 0.1) is 5.02 Å².